The monoisotopic (exact) mass is 337 g/mol. The fourth-order valence-electron chi connectivity index (χ4n) is 1.95. The number of pyridine rings is 1. The molecule has 1 heterocycles. The van der Waals surface area contributed by atoms with Gasteiger partial charge in [-0.2, -0.15) is 13.2 Å². The molecule has 1 aromatic heterocycles. The van der Waals surface area contributed by atoms with Gasteiger partial charge in [-0.15, -0.1) is 0 Å². The lowest BCUT2D eigenvalue weighted by Gasteiger charge is -2.13. The van der Waals surface area contributed by atoms with Crippen LogP contribution in [0, 0.1) is 5.92 Å². The molecule has 6 heteroatoms. The molecule has 1 saturated carbocycles. The lowest BCUT2D eigenvalue weighted by atomic mass is 10.2. The Morgan fingerprint density at radius 3 is 2.42 bits per heavy atom. The van der Waals surface area contributed by atoms with Crippen molar-refractivity contribution in [1.82, 2.24) is 4.98 Å². The van der Waals surface area contributed by atoms with E-state index in [0.29, 0.717) is 0 Å². The van der Waals surface area contributed by atoms with Crippen molar-refractivity contribution in [3.8, 4) is 5.75 Å². The average molecular weight is 337 g/mol. The molecule has 1 fully saturated rings. The highest BCUT2D eigenvalue weighted by molar-refractivity contribution is 5.50. The van der Waals surface area contributed by atoms with Crippen LogP contribution in [-0.4, -0.2) is 11.3 Å². The third kappa shape index (κ3) is 6.02. The van der Waals surface area contributed by atoms with Crippen LogP contribution >= 0.6 is 0 Å². The third-order valence-corrected chi connectivity index (χ3v) is 3.45. The molecule has 0 atom stereocenters. The van der Waals surface area contributed by atoms with Crippen LogP contribution in [0.4, 0.5) is 13.2 Å². The molecule has 3 nitrogen and oxygen atoms in total. The van der Waals surface area contributed by atoms with Gasteiger partial charge in [0.1, 0.15) is 24.2 Å². The van der Waals surface area contributed by atoms with Gasteiger partial charge in [-0.25, -0.2) is 0 Å². The van der Waals surface area contributed by atoms with Gasteiger partial charge in [0.2, 0.25) is 0 Å². The topological polar surface area (TPSA) is 39.2 Å². The number of hydrogen-bond acceptors (Lipinski definition) is 3. The predicted octanol–water partition coefficient (Wildman–Crippen LogP) is 4.66. The Morgan fingerprint density at radius 1 is 1.17 bits per heavy atom. The quantitative estimate of drug-likeness (QED) is 0.745. The second-order valence-corrected chi connectivity index (χ2v) is 5.49. The van der Waals surface area contributed by atoms with Crippen LogP contribution in [-0.2, 0) is 17.6 Å². The predicted molar refractivity (Wildman–Crippen MR) is 83.4 cm³/mol. The minimum absolute atomic E-state index is 0.0912. The van der Waals surface area contributed by atoms with Gasteiger partial charge in [0, 0.05) is 18.8 Å². The van der Waals surface area contributed by atoms with Gasteiger partial charge >= 0.3 is 6.18 Å². The Bertz CT molecular complexity index is 640. The van der Waals surface area contributed by atoms with E-state index < -0.39 is 11.7 Å². The maximum atomic E-state index is 12.7. The molecule has 0 aliphatic heterocycles. The van der Waals surface area contributed by atoms with Crippen molar-refractivity contribution in [1.29, 1.82) is 0 Å². The molecular formula is C18H18F3NO2. The third-order valence-electron chi connectivity index (χ3n) is 3.45. The van der Waals surface area contributed by atoms with Crippen LogP contribution in [0.25, 0.3) is 0 Å². The summed E-state index contributed by atoms with van der Waals surface area (Å²) in [6, 6.07) is 10.2. The number of aromatic nitrogens is 1. The van der Waals surface area contributed by atoms with Gasteiger partial charge in [0.05, 0.1) is 0 Å². The van der Waals surface area contributed by atoms with Crippen molar-refractivity contribution in [2.24, 2.45) is 5.92 Å². The second-order valence-electron chi connectivity index (χ2n) is 5.49. The molecule has 0 N–H and O–H groups in total. The number of benzene rings is 1. The Morgan fingerprint density at radius 2 is 1.88 bits per heavy atom. The summed E-state index contributed by atoms with van der Waals surface area (Å²) >= 11 is 0. The smallest absolute Gasteiger partial charge is 0.421 e. The Balaban J connectivity index is 0.000000292. The summed E-state index contributed by atoms with van der Waals surface area (Å²) in [7, 11) is 0. The zero-order chi connectivity index (χ0) is 17.4. The van der Waals surface area contributed by atoms with Crippen molar-refractivity contribution in [2.75, 3.05) is 0 Å². The first-order chi connectivity index (χ1) is 11.5. The number of halogens is 3. The summed E-state index contributed by atoms with van der Waals surface area (Å²) in [5.74, 6) is 0.573. The van der Waals surface area contributed by atoms with Crippen LogP contribution < -0.4 is 4.74 Å². The molecular weight excluding hydrogens is 319 g/mol. The summed E-state index contributed by atoms with van der Waals surface area (Å²) < 4.78 is 43.2. The number of rotatable bonds is 5. The molecule has 0 radical (unpaired) electrons. The summed E-state index contributed by atoms with van der Waals surface area (Å²) in [6.07, 6.45) is 1.98. The summed E-state index contributed by atoms with van der Waals surface area (Å²) in [5, 5.41) is 0. The fourth-order valence-corrected chi connectivity index (χ4v) is 1.95. The number of hydrogen-bond donors (Lipinski definition) is 0. The summed E-state index contributed by atoms with van der Waals surface area (Å²) in [5.41, 5.74) is -0.0524. The molecule has 2 aromatic rings. The van der Waals surface area contributed by atoms with Crippen molar-refractivity contribution >= 4 is 6.29 Å². The van der Waals surface area contributed by atoms with Gasteiger partial charge in [-0.05, 0) is 30.4 Å². The number of ether oxygens (including phenoxy) is 1. The van der Waals surface area contributed by atoms with E-state index in [9.17, 15) is 18.0 Å². The zero-order valence-electron chi connectivity index (χ0n) is 13.0. The number of aldehydes is 1. The molecule has 24 heavy (non-hydrogen) atoms. The van der Waals surface area contributed by atoms with Gasteiger partial charge in [0.25, 0.3) is 0 Å². The number of alkyl halides is 3. The van der Waals surface area contributed by atoms with E-state index in [1.54, 1.807) is 24.3 Å². The highest BCUT2D eigenvalue weighted by Gasteiger charge is 2.34. The molecule has 1 aromatic carbocycles. The first-order valence-corrected chi connectivity index (χ1v) is 7.62. The van der Waals surface area contributed by atoms with E-state index in [2.05, 4.69) is 4.98 Å². The van der Waals surface area contributed by atoms with Gasteiger partial charge in [0.15, 0.2) is 0 Å². The van der Waals surface area contributed by atoms with E-state index in [1.807, 2.05) is 6.07 Å². The maximum Gasteiger partial charge on any atom is 0.421 e. The Kier molecular flexibility index (Phi) is 6.35. The molecule has 0 amide bonds. The summed E-state index contributed by atoms with van der Waals surface area (Å²) in [4.78, 5) is 13.1. The van der Waals surface area contributed by atoms with E-state index in [-0.39, 0.29) is 12.4 Å². The minimum Gasteiger partial charge on any atom is -0.488 e. The van der Waals surface area contributed by atoms with Crippen molar-refractivity contribution in [2.45, 2.75) is 32.0 Å². The fraction of sp³-hybridized carbons (Fsp3) is 0.333. The molecule has 1 aliphatic rings. The molecule has 0 bridgehead atoms. The number of carbonyl (C=O) groups is 1. The SMILES string of the molecule is FC(F)(F)c1cnccc1OCc1ccccc1.O=CCC1CC1. The molecule has 0 spiro atoms. The van der Waals surface area contributed by atoms with Crippen LogP contribution in [0.1, 0.15) is 30.4 Å². The van der Waals surface area contributed by atoms with Gasteiger partial charge < -0.3 is 9.53 Å². The molecule has 0 unspecified atom stereocenters. The molecule has 128 valence electrons. The normalized spacial score (nSPS) is 13.6. The first kappa shape index (κ1) is 18.0. The van der Waals surface area contributed by atoms with E-state index >= 15 is 0 Å². The van der Waals surface area contributed by atoms with Gasteiger partial charge in [-0.3, -0.25) is 4.98 Å². The Labute approximate surface area is 138 Å². The zero-order valence-corrected chi connectivity index (χ0v) is 13.0. The molecule has 0 saturated heterocycles. The van der Waals surface area contributed by atoms with E-state index in [1.165, 1.54) is 25.1 Å². The highest BCUT2D eigenvalue weighted by atomic mass is 19.4. The van der Waals surface area contributed by atoms with E-state index in [4.69, 9.17) is 4.74 Å². The highest BCUT2D eigenvalue weighted by Crippen LogP contribution is 2.35. The first-order valence-electron chi connectivity index (χ1n) is 7.62. The molecule has 1 aliphatic carbocycles. The lowest BCUT2D eigenvalue weighted by Crippen LogP contribution is -2.09. The largest absolute Gasteiger partial charge is 0.488 e. The van der Waals surface area contributed by atoms with Crippen molar-refractivity contribution in [3.05, 3.63) is 59.9 Å². The lowest BCUT2D eigenvalue weighted by molar-refractivity contribution is -0.139. The van der Waals surface area contributed by atoms with Crippen LogP contribution in [0.5, 0.6) is 5.75 Å². The van der Waals surface area contributed by atoms with Crippen LogP contribution in [0.3, 0.4) is 0 Å². The molecule has 3 rings (SSSR count). The van der Waals surface area contributed by atoms with Crippen molar-refractivity contribution < 1.29 is 22.7 Å². The number of carbonyl (C=O) groups excluding carboxylic acids is 1. The standard InChI is InChI=1S/C13H10F3NO.C5H8O/c14-13(15,16)11-8-17-7-6-12(11)18-9-10-4-2-1-3-5-10;6-4-3-5-1-2-5/h1-8H,9H2;4-5H,1-3H2. The van der Waals surface area contributed by atoms with Crippen LogP contribution in [0.15, 0.2) is 48.8 Å². The maximum absolute atomic E-state index is 12.7. The number of nitrogens with zero attached hydrogens (tertiary/aromatic N) is 1. The van der Waals surface area contributed by atoms with Gasteiger partial charge in [-0.1, -0.05) is 30.3 Å². The van der Waals surface area contributed by atoms with E-state index in [0.717, 1.165) is 30.4 Å². The second kappa shape index (κ2) is 8.47. The minimum atomic E-state index is -4.46. The van der Waals surface area contributed by atoms with Crippen molar-refractivity contribution in [3.63, 3.8) is 0 Å². The Hall–Kier alpha value is -2.37. The summed E-state index contributed by atoms with van der Waals surface area (Å²) in [6.45, 7) is 0.0912. The van der Waals surface area contributed by atoms with Crippen LogP contribution in [0.2, 0.25) is 0 Å². The average Bonchev–Trinajstić information content (AvgIpc) is 3.38.